The molecule has 0 aromatic carbocycles. The van der Waals surface area contributed by atoms with E-state index in [-0.39, 0.29) is 18.0 Å². The summed E-state index contributed by atoms with van der Waals surface area (Å²) in [5.74, 6) is 0.487. The van der Waals surface area contributed by atoms with Gasteiger partial charge in [0.1, 0.15) is 0 Å². The number of carbonyl (C=O) groups excluding carboxylic acids is 1. The van der Waals surface area contributed by atoms with Crippen LogP contribution in [-0.4, -0.2) is 32.2 Å². The molecule has 1 amide bonds. The van der Waals surface area contributed by atoms with Crippen LogP contribution in [0.15, 0.2) is 17.5 Å². The molecule has 20 heavy (non-hydrogen) atoms. The van der Waals surface area contributed by atoms with Gasteiger partial charge in [-0.2, -0.15) is 0 Å². The van der Waals surface area contributed by atoms with Crippen LogP contribution in [0.2, 0.25) is 0 Å². The van der Waals surface area contributed by atoms with Gasteiger partial charge in [0, 0.05) is 31.2 Å². The Morgan fingerprint density at radius 3 is 2.70 bits per heavy atom. The molecule has 2 unspecified atom stereocenters. The maximum Gasteiger partial charge on any atom is 0.236 e. The van der Waals surface area contributed by atoms with E-state index in [4.69, 9.17) is 4.74 Å². The van der Waals surface area contributed by atoms with Crippen LogP contribution in [-0.2, 0) is 9.53 Å². The summed E-state index contributed by atoms with van der Waals surface area (Å²) in [5, 5.41) is 8.43. The first-order valence-electron chi connectivity index (χ1n) is 7.12. The van der Waals surface area contributed by atoms with E-state index in [9.17, 15) is 4.79 Å². The number of methoxy groups -OCH3 is 1. The summed E-state index contributed by atoms with van der Waals surface area (Å²) < 4.78 is 4.96. The standard InChI is InChI=1S/C15H26N2O2S/c1-11(2)14(13-7-5-10-20-13)17-12(3)15(18)16-8-6-9-19-4/h5,7,10-12,14,17H,6,8-9H2,1-4H3,(H,16,18). The minimum absolute atomic E-state index is 0.0447. The summed E-state index contributed by atoms with van der Waals surface area (Å²) in [4.78, 5) is 13.3. The number of ether oxygens (including phenoxy) is 1. The molecule has 0 aliphatic heterocycles. The Hall–Kier alpha value is -0.910. The minimum Gasteiger partial charge on any atom is -0.385 e. The van der Waals surface area contributed by atoms with E-state index in [2.05, 4.69) is 35.9 Å². The van der Waals surface area contributed by atoms with E-state index >= 15 is 0 Å². The van der Waals surface area contributed by atoms with Crippen LogP contribution in [0.3, 0.4) is 0 Å². The zero-order chi connectivity index (χ0) is 15.0. The average molecular weight is 298 g/mol. The third-order valence-electron chi connectivity index (χ3n) is 3.16. The lowest BCUT2D eigenvalue weighted by Crippen LogP contribution is -2.45. The molecule has 1 rings (SSSR count). The van der Waals surface area contributed by atoms with Gasteiger partial charge >= 0.3 is 0 Å². The summed E-state index contributed by atoms with van der Waals surface area (Å²) in [7, 11) is 1.67. The summed E-state index contributed by atoms with van der Waals surface area (Å²) in [6.45, 7) is 7.58. The molecular weight excluding hydrogens is 272 g/mol. The number of hydrogen-bond acceptors (Lipinski definition) is 4. The number of hydrogen-bond donors (Lipinski definition) is 2. The van der Waals surface area contributed by atoms with Crippen molar-refractivity contribution >= 4 is 17.2 Å². The van der Waals surface area contributed by atoms with Gasteiger partial charge in [-0.3, -0.25) is 10.1 Å². The predicted molar refractivity (Wildman–Crippen MR) is 84.0 cm³/mol. The van der Waals surface area contributed by atoms with Crippen molar-refractivity contribution in [1.29, 1.82) is 0 Å². The molecule has 1 aromatic heterocycles. The topological polar surface area (TPSA) is 50.4 Å². The van der Waals surface area contributed by atoms with E-state index in [1.165, 1.54) is 4.88 Å². The second kappa shape index (κ2) is 9.10. The van der Waals surface area contributed by atoms with Gasteiger partial charge in [0.05, 0.1) is 6.04 Å². The molecule has 0 bridgehead atoms. The van der Waals surface area contributed by atoms with Crippen LogP contribution in [0.25, 0.3) is 0 Å². The highest BCUT2D eigenvalue weighted by molar-refractivity contribution is 7.10. The first-order chi connectivity index (χ1) is 9.56. The normalized spacial score (nSPS) is 14.2. The van der Waals surface area contributed by atoms with Crippen LogP contribution >= 0.6 is 11.3 Å². The van der Waals surface area contributed by atoms with Gasteiger partial charge < -0.3 is 10.1 Å². The Morgan fingerprint density at radius 2 is 2.15 bits per heavy atom. The Bertz CT molecular complexity index is 379. The lowest BCUT2D eigenvalue weighted by atomic mass is 10.0. The Labute approximate surface area is 125 Å². The smallest absolute Gasteiger partial charge is 0.236 e. The van der Waals surface area contributed by atoms with E-state index in [0.29, 0.717) is 19.1 Å². The molecule has 0 saturated heterocycles. The first kappa shape index (κ1) is 17.1. The van der Waals surface area contributed by atoms with Gasteiger partial charge in [-0.1, -0.05) is 19.9 Å². The maximum absolute atomic E-state index is 12.0. The number of carbonyl (C=O) groups is 1. The molecule has 1 heterocycles. The fourth-order valence-electron chi connectivity index (χ4n) is 2.00. The molecule has 114 valence electrons. The lowest BCUT2D eigenvalue weighted by molar-refractivity contribution is -0.123. The maximum atomic E-state index is 12.0. The molecule has 0 saturated carbocycles. The third-order valence-corrected chi connectivity index (χ3v) is 4.12. The zero-order valence-corrected chi connectivity index (χ0v) is 13.6. The van der Waals surface area contributed by atoms with Gasteiger partial charge in [0.15, 0.2) is 0 Å². The first-order valence-corrected chi connectivity index (χ1v) is 8.00. The highest BCUT2D eigenvalue weighted by Gasteiger charge is 2.22. The lowest BCUT2D eigenvalue weighted by Gasteiger charge is -2.25. The van der Waals surface area contributed by atoms with Gasteiger partial charge in [0.25, 0.3) is 0 Å². The average Bonchev–Trinajstić information content (AvgIpc) is 2.93. The monoisotopic (exact) mass is 298 g/mol. The summed E-state index contributed by atoms with van der Waals surface area (Å²) in [6, 6.07) is 4.18. The van der Waals surface area contributed by atoms with E-state index in [1.54, 1.807) is 18.4 Å². The fraction of sp³-hybridized carbons (Fsp3) is 0.667. The predicted octanol–water partition coefficient (Wildman–Crippen LogP) is 2.58. The molecule has 0 aliphatic rings. The number of nitrogens with one attached hydrogen (secondary N) is 2. The van der Waals surface area contributed by atoms with Crippen molar-refractivity contribution in [2.45, 2.75) is 39.3 Å². The van der Waals surface area contributed by atoms with Crippen LogP contribution in [0.4, 0.5) is 0 Å². The summed E-state index contributed by atoms with van der Waals surface area (Å²) in [6.07, 6.45) is 0.841. The van der Waals surface area contributed by atoms with Crippen molar-refractivity contribution in [3.8, 4) is 0 Å². The summed E-state index contributed by atoms with van der Waals surface area (Å²) in [5.41, 5.74) is 0. The molecule has 2 N–H and O–H groups in total. The number of amides is 1. The van der Waals surface area contributed by atoms with E-state index in [1.807, 2.05) is 13.0 Å². The second-order valence-electron chi connectivity index (χ2n) is 5.26. The van der Waals surface area contributed by atoms with Gasteiger partial charge in [0.2, 0.25) is 5.91 Å². The van der Waals surface area contributed by atoms with Crippen LogP contribution in [0.5, 0.6) is 0 Å². The highest BCUT2D eigenvalue weighted by Crippen LogP contribution is 2.26. The molecule has 0 spiro atoms. The van der Waals surface area contributed by atoms with Crippen molar-refractivity contribution in [3.05, 3.63) is 22.4 Å². The number of thiophene rings is 1. The molecule has 0 aliphatic carbocycles. The van der Waals surface area contributed by atoms with Crippen molar-refractivity contribution < 1.29 is 9.53 Å². The zero-order valence-electron chi connectivity index (χ0n) is 12.8. The largest absolute Gasteiger partial charge is 0.385 e. The Morgan fingerprint density at radius 1 is 1.40 bits per heavy atom. The van der Waals surface area contributed by atoms with Crippen molar-refractivity contribution in [2.75, 3.05) is 20.3 Å². The van der Waals surface area contributed by atoms with Crippen LogP contribution in [0, 0.1) is 5.92 Å². The molecule has 2 atom stereocenters. The minimum atomic E-state index is -0.202. The Kier molecular flexibility index (Phi) is 7.80. The van der Waals surface area contributed by atoms with Crippen molar-refractivity contribution in [2.24, 2.45) is 5.92 Å². The molecule has 5 heteroatoms. The second-order valence-corrected chi connectivity index (χ2v) is 6.24. The van der Waals surface area contributed by atoms with Crippen LogP contribution in [0.1, 0.15) is 38.1 Å². The van der Waals surface area contributed by atoms with Crippen LogP contribution < -0.4 is 10.6 Å². The SMILES string of the molecule is COCCCNC(=O)C(C)NC(c1cccs1)C(C)C. The third kappa shape index (κ3) is 5.61. The molecule has 1 aromatic rings. The summed E-state index contributed by atoms with van der Waals surface area (Å²) >= 11 is 1.73. The van der Waals surface area contributed by atoms with Gasteiger partial charge in [-0.15, -0.1) is 11.3 Å². The molecule has 0 fully saturated rings. The van der Waals surface area contributed by atoms with Crippen molar-refractivity contribution in [1.82, 2.24) is 10.6 Å². The fourth-order valence-corrected chi connectivity index (χ4v) is 2.96. The van der Waals surface area contributed by atoms with Gasteiger partial charge in [-0.25, -0.2) is 0 Å². The quantitative estimate of drug-likeness (QED) is 0.689. The Balaban J connectivity index is 2.45. The molecule has 0 radical (unpaired) electrons. The van der Waals surface area contributed by atoms with E-state index < -0.39 is 0 Å². The van der Waals surface area contributed by atoms with Gasteiger partial charge in [-0.05, 0) is 30.7 Å². The van der Waals surface area contributed by atoms with Crippen molar-refractivity contribution in [3.63, 3.8) is 0 Å². The molecule has 4 nitrogen and oxygen atoms in total. The highest BCUT2D eigenvalue weighted by atomic mass is 32.1. The molecular formula is C15H26N2O2S. The van der Waals surface area contributed by atoms with E-state index in [0.717, 1.165) is 6.42 Å². The number of rotatable bonds is 9.